The number of nitrogens with one attached hydrogen (secondary N) is 2. The van der Waals surface area contributed by atoms with E-state index in [2.05, 4.69) is 10.6 Å². The number of nitrogens with zero attached hydrogens (tertiary/aromatic N) is 2. The Kier molecular flexibility index (Phi) is 4.68. The van der Waals surface area contributed by atoms with Crippen molar-refractivity contribution in [2.45, 2.75) is 6.92 Å². The molecule has 0 saturated carbocycles. The molecule has 0 saturated heterocycles. The molecule has 2 aromatic heterocycles. The lowest BCUT2D eigenvalue weighted by atomic mass is 10.1. The van der Waals surface area contributed by atoms with Crippen LogP contribution in [0.15, 0.2) is 73.1 Å². The van der Waals surface area contributed by atoms with Gasteiger partial charge < -0.3 is 19.8 Å². The highest BCUT2D eigenvalue weighted by molar-refractivity contribution is 6.02. The molecular weight excluding hydrogens is 352 g/mol. The number of pyridine rings is 1. The lowest BCUT2D eigenvalue weighted by molar-refractivity contribution is 0.262. The van der Waals surface area contributed by atoms with Gasteiger partial charge in [0.25, 0.3) is 0 Å². The maximum absolute atomic E-state index is 12.5. The minimum atomic E-state index is -0.333. The van der Waals surface area contributed by atoms with Crippen molar-refractivity contribution >= 4 is 23.1 Å². The van der Waals surface area contributed by atoms with Gasteiger partial charge in [0.1, 0.15) is 11.4 Å². The van der Waals surface area contributed by atoms with E-state index in [1.807, 2.05) is 72.2 Å². The van der Waals surface area contributed by atoms with Crippen molar-refractivity contribution in [1.82, 2.24) is 9.38 Å². The molecule has 0 aliphatic carbocycles. The van der Waals surface area contributed by atoms with Gasteiger partial charge >= 0.3 is 6.03 Å². The average Bonchev–Trinajstić information content (AvgIpc) is 3.14. The van der Waals surface area contributed by atoms with Crippen molar-refractivity contribution in [2.75, 3.05) is 17.7 Å². The Labute approximate surface area is 162 Å². The van der Waals surface area contributed by atoms with Crippen LogP contribution >= 0.6 is 0 Å². The van der Waals surface area contributed by atoms with Crippen LogP contribution in [0.3, 0.4) is 0 Å². The molecule has 4 rings (SSSR count). The number of fused-ring (bicyclic) bond motifs is 1. The van der Waals surface area contributed by atoms with Crippen LogP contribution in [0.25, 0.3) is 16.9 Å². The van der Waals surface area contributed by atoms with Gasteiger partial charge in [-0.25, -0.2) is 9.78 Å². The molecule has 6 nitrogen and oxygen atoms in total. The number of rotatable bonds is 4. The van der Waals surface area contributed by atoms with Gasteiger partial charge in [0.2, 0.25) is 0 Å². The van der Waals surface area contributed by atoms with E-state index in [0.29, 0.717) is 17.1 Å². The summed E-state index contributed by atoms with van der Waals surface area (Å²) in [7, 11) is 1.59. The molecule has 2 heterocycles. The van der Waals surface area contributed by atoms with Crippen LogP contribution in [-0.4, -0.2) is 22.5 Å². The molecule has 0 spiro atoms. The Morgan fingerprint density at radius 3 is 2.71 bits per heavy atom. The fraction of sp³-hybridized carbons (Fsp3) is 0.0909. The van der Waals surface area contributed by atoms with Gasteiger partial charge in [-0.05, 0) is 36.8 Å². The number of anilines is 2. The van der Waals surface area contributed by atoms with Crippen LogP contribution in [0, 0.1) is 6.92 Å². The van der Waals surface area contributed by atoms with Gasteiger partial charge in [-0.2, -0.15) is 0 Å². The highest BCUT2D eigenvalue weighted by atomic mass is 16.5. The number of amides is 2. The van der Waals surface area contributed by atoms with Crippen LogP contribution in [0.1, 0.15) is 5.56 Å². The summed E-state index contributed by atoms with van der Waals surface area (Å²) in [6.45, 7) is 2.03. The first-order valence-electron chi connectivity index (χ1n) is 8.90. The van der Waals surface area contributed by atoms with Gasteiger partial charge in [0.15, 0.2) is 0 Å². The Balaban J connectivity index is 1.60. The summed E-state index contributed by atoms with van der Waals surface area (Å²) in [6.07, 6.45) is 3.92. The van der Waals surface area contributed by atoms with Crippen LogP contribution in [0.2, 0.25) is 0 Å². The molecule has 140 valence electrons. The van der Waals surface area contributed by atoms with Gasteiger partial charge in [-0.1, -0.05) is 30.3 Å². The Bertz CT molecular complexity index is 1150. The first-order valence-corrected chi connectivity index (χ1v) is 8.90. The number of aryl methyl sites for hydroxylation is 1. The summed E-state index contributed by atoms with van der Waals surface area (Å²) in [5, 5.41) is 5.74. The number of carbonyl (C=O) groups is 1. The fourth-order valence-electron chi connectivity index (χ4n) is 3.08. The van der Waals surface area contributed by atoms with Crippen molar-refractivity contribution < 1.29 is 9.53 Å². The van der Waals surface area contributed by atoms with Crippen molar-refractivity contribution in [1.29, 1.82) is 0 Å². The summed E-state index contributed by atoms with van der Waals surface area (Å²) >= 11 is 0. The molecule has 28 heavy (non-hydrogen) atoms. The smallest absolute Gasteiger partial charge is 0.323 e. The lowest BCUT2D eigenvalue weighted by Gasteiger charge is -2.11. The number of ether oxygens (including phenoxy) is 1. The molecular formula is C22H20N4O2. The van der Waals surface area contributed by atoms with E-state index in [4.69, 9.17) is 9.72 Å². The van der Waals surface area contributed by atoms with Gasteiger partial charge in [-0.3, -0.25) is 0 Å². The Morgan fingerprint density at radius 2 is 1.89 bits per heavy atom. The average molecular weight is 372 g/mol. The number of methoxy groups -OCH3 is 1. The van der Waals surface area contributed by atoms with Crippen molar-refractivity contribution in [3.63, 3.8) is 0 Å². The Hall–Kier alpha value is -3.80. The summed E-state index contributed by atoms with van der Waals surface area (Å²) in [4.78, 5) is 17.2. The van der Waals surface area contributed by atoms with Crippen molar-refractivity contribution in [3.8, 4) is 17.0 Å². The number of hydrogen-bond acceptors (Lipinski definition) is 3. The van der Waals surface area contributed by atoms with Crippen molar-refractivity contribution in [3.05, 3.63) is 78.6 Å². The zero-order valence-electron chi connectivity index (χ0n) is 15.6. The van der Waals surface area contributed by atoms with Crippen LogP contribution in [-0.2, 0) is 0 Å². The number of carbonyl (C=O) groups excluding carboxylic acids is 1. The highest BCUT2D eigenvalue weighted by Gasteiger charge is 2.12. The fourth-order valence-corrected chi connectivity index (χ4v) is 3.08. The zero-order chi connectivity index (χ0) is 19.5. The van der Waals surface area contributed by atoms with E-state index in [-0.39, 0.29) is 6.03 Å². The molecule has 2 N–H and O–H groups in total. The van der Waals surface area contributed by atoms with Gasteiger partial charge in [-0.15, -0.1) is 0 Å². The maximum atomic E-state index is 12.5. The topological polar surface area (TPSA) is 67.7 Å². The first-order chi connectivity index (χ1) is 13.6. The molecule has 0 atom stereocenters. The summed E-state index contributed by atoms with van der Waals surface area (Å²) in [5.74, 6) is 0.679. The molecule has 4 aromatic rings. The van der Waals surface area contributed by atoms with E-state index in [9.17, 15) is 4.79 Å². The molecule has 0 aliphatic heterocycles. The number of hydrogen-bond donors (Lipinski definition) is 2. The molecule has 0 radical (unpaired) electrons. The van der Waals surface area contributed by atoms with E-state index < -0.39 is 0 Å². The number of para-hydroxylation sites is 1. The monoisotopic (exact) mass is 372 g/mol. The van der Waals surface area contributed by atoms with Gasteiger partial charge in [0, 0.05) is 29.7 Å². The molecule has 0 bridgehead atoms. The van der Waals surface area contributed by atoms with E-state index in [1.165, 1.54) is 0 Å². The summed E-state index contributed by atoms with van der Waals surface area (Å²) < 4.78 is 7.17. The Morgan fingerprint density at radius 1 is 1.04 bits per heavy atom. The second-order valence-electron chi connectivity index (χ2n) is 6.40. The maximum Gasteiger partial charge on any atom is 0.323 e. The van der Waals surface area contributed by atoms with Crippen LogP contribution in [0.5, 0.6) is 5.75 Å². The molecule has 2 aromatic carbocycles. The minimum Gasteiger partial charge on any atom is -0.497 e. The third kappa shape index (κ3) is 3.53. The number of imidazole rings is 1. The molecule has 2 amide bonds. The van der Waals surface area contributed by atoms with Crippen LogP contribution < -0.4 is 15.4 Å². The SMILES string of the molecule is COc1cccc(NC(=O)Nc2ccccc2-c2cn3cccc(C)c3n2)c1. The predicted molar refractivity (Wildman–Crippen MR) is 111 cm³/mol. The highest BCUT2D eigenvalue weighted by Crippen LogP contribution is 2.28. The minimum absolute atomic E-state index is 0.333. The standard InChI is InChI=1S/C22H20N4O2/c1-15-7-6-12-26-14-20(24-21(15)26)18-10-3-4-11-19(18)25-22(27)23-16-8-5-9-17(13-16)28-2/h3-14H,1-2H3,(H2,23,25,27). The quantitative estimate of drug-likeness (QED) is 0.532. The third-order valence-corrected chi connectivity index (χ3v) is 4.46. The molecule has 0 aliphatic rings. The summed E-state index contributed by atoms with van der Waals surface area (Å²) in [6, 6.07) is 18.5. The molecule has 6 heteroatoms. The molecule has 0 fully saturated rings. The number of urea groups is 1. The van der Waals surface area contributed by atoms with Gasteiger partial charge in [0.05, 0.1) is 18.5 Å². The normalized spacial score (nSPS) is 10.6. The number of benzene rings is 2. The number of aromatic nitrogens is 2. The molecule has 0 unspecified atom stereocenters. The second kappa shape index (κ2) is 7.44. The van der Waals surface area contributed by atoms with Crippen molar-refractivity contribution in [2.24, 2.45) is 0 Å². The largest absolute Gasteiger partial charge is 0.497 e. The van der Waals surface area contributed by atoms with E-state index >= 15 is 0 Å². The third-order valence-electron chi connectivity index (χ3n) is 4.46. The van der Waals surface area contributed by atoms with E-state index in [0.717, 1.165) is 22.5 Å². The second-order valence-corrected chi connectivity index (χ2v) is 6.40. The van der Waals surface area contributed by atoms with E-state index in [1.54, 1.807) is 19.2 Å². The lowest BCUT2D eigenvalue weighted by Crippen LogP contribution is -2.19. The predicted octanol–water partition coefficient (Wildman–Crippen LogP) is 4.96. The van der Waals surface area contributed by atoms with Crippen LogP contribution in [0.4, 0.5) is 16.2 Å². The first kappa shape index (κ1) is 17.6. The summed E-state index contributed by atoms with van der Waals surface area (Å²) in [5.41, 5.74) is 4.97. The zero-order valence-corrected chi connectivity index (χ0v) is 15.6.